The molecule has 5 heteroatoms. The van der Waals surface area contributed by atoms with Crippen molar-refractivity contribution in [2.45, 2.75) is 13.8 Å². The minimum Gasteiger partial charge on any atom is -0.478 e. The topological polar surface area (TPSA) is 60.5 Å². The normalized spacial score (nSPS) is 10.0. The largest absolute Gasteiger partial charge is 0.478 e. The molecule has 110 valence electrons. The van der Waals surface area contributed by atoms with E-state index in [9.17, 15) is 4.79 Å². The molecule has 1 N–H and O–H groups in total. The molecule has 0 aliphatic rings. The summed E-state index contributed by atoms with van der Waals surface area (Å²) in [6, 6.07) is 12.8. The summed E-state index contributed by atoms with van der Waals surface area (Å²) in [7, 11) is 0. The predicted molar refractivity (Wildman–Crippen MR) is 81.1 cm³/mol. The van der Waals surface area contributed by atoms with Gasteiger partial charge < -0.3 is 14.8 Å². The van der Waals surface area contributed by atoms with Crippen molar-refractivity contribution in [3.8, 4) is 5.88 Å². The van der Waals surface area contributed by atoms with Gasteiger partial charge in [-0.3, -0.25) is 0 Å². The highest BCUT2D eigenvalue weighted by Gasteiger charge is 2.15. The highest BCUT2D eigenvalue weighted by atomic mass is 16.5. The molecule has 0 radical (unpaired) electrons. The molecule has 0 aliphatic carbocycles. The van der Waals surface area contributed by atoms with Gasteiger partial charge in [0.1, 0.15) is 11.4 Å². The van der Waals surface area contributed by atoms with Crippen LogP contribution in [0.3, 0.4) is 0 Å². The van der Waals surface area contributed by atoms with Gasteiger partial charge in [-0.2, -0.15) is 4.98 Å². The number of benzene rings is 1. The quantitative estimate of drug-likeness (QED) is 0.825. The lowest BCUT2D eigenvalue weighted by molar-refractivity contribution is 0.0527. The molecule has 0 spiro atoms. The van der Waals surface area contributed by atoms with Crippen molar-refractivity contribution in [3.63, 3.8) is 0 Å². The summed E-state index contributed by atoms with van der Waals surface area (Å²) in [6.07, 6.45) is 0. The van der Waals surface area contributed by atoms with Crippen molar-refractivity contribution in [3.05, 3.63) is 48.0 Å². The average molecular weight is 286 g/mol. The van der Waals surface area contributed by atoms with Crippen LogP contribution in [-0.2, 0) is 4.74 Å². The van der Waals surface area contributed by atoms with E-state index in [0.29, 0.717) is 30.5 Å². The van der Waals surface area contributed by atoms with Crippen LogP contribution < -0.4 is 10.1 Å². The van der Waals surface area contributed by atoms with E-state index in [2.05, 4.69) is 10.3 Å². The van der Waals surface area contributed by atoms with E-state index in [4.69, 9.17) is 9.47 Å². The van der Waals surface area contributed by atoms with Gasteiger partial charge in [0.15, 0.2) is 0 Å². The molecule has 2 rings (SSSR count). The van der Waals surface area contributed by atoms with Crippen LogP contribution in [0.5, 0.6) is 5.88 Å². The lowest BCUT2D eigenvalue weighted by Crippen LogP contribution is -2.10. The maximum absolute atomic E-state index is 12.0. The van der Waals surface area contributed by atoms with E-state index in [1.165, 1.54) is 0 Å². The highest BCUT2D eigenvalue weighted by Crippen LogP contribution is 2.22. The Balaban J connectivity index is 2.33. The van der Waals surface area contributed by atoms with Crippen LogP contribution in [0, 0.1) is 0 Å². The van der Waals surface area contributed by atoms with Crippen molar-refractivity contribution in [1.82, 2.24) is 4.98 Å². The maximum Gasteiger partial charge on any atom is 0.341 e. The highest BCUT2D eigenvalue weighted by molar-refractivity contribution is 5.95. The van der Waals surface area contributed by atoms with Crippen molar-refractivity contribution in [1.29, 1.82) is 0 Å². The average Bonchev–Trinajstić information content (AvgIpc) is 2.49. The van der Waals surface area contributed by atoms with Crippen molar-refractivity contribution in [2.24, 2.45) is 0 Å². The first kappa shape index (κ1) is 14.8. The van der Waals surface area contributed by atoms with Crippen molar-refractivity contribution >= 4 is 17.5 Å². The van der Waals surface area contributed by atoms with Gasteiger partial charge in [-0.1, -0.05) is 18.2 Å². The summed E-state index contributed by atoms with van der Waals surface area (Å²) in [5, 5.41) is 3.12. The molecule has 0 aliphatic heterocycles. The van der Waals surface area contributed by atoms with Crippen molar-refractivity contribution < 1.29 is 14.3 Å². The number of aromatic nitrogens is 1. The number of ether oxygens (including phenoxy) is 2. The Morgan fingerprint density at radius 3 is 2.52 bits per heavy atom. The molecular weight excluding hydrogens is 268 g/mol. The monoisotopic (exact) mass is 286 g/mol. The summed E-state index contributed by atoms with van der Waals surface area (Å²) >= 11 is 0. The number of nitrogens with one attached hydrogen (secondary N) is 1. The Bertz CT molecular complexity index is 600. The Morgan fingerprint density at radius 2 is 1.86 bits per heavy atom. The zero-order valence-electron chi connectivity index (χ0n) is 12.1. The zero-order chi connectivity index (χ0) is 15.1. The fourth-order valence-corrected chi connectivity index (χ4v) is 1.80. The summed E-state index contributed by atoms with van der Waals surface area (Å²) in [4.78, 5) is 16.3. The second kappa shape index (κ2) is 7.28. The van der Waals surface area contributed by atoms with E-state index in [-0.39, 0.29) is 0 Å². The smallest absolute Gasteiger partial charge is 0.341 e. The third kappa shape index (κ3) is 3.95. The molecule has 0 saturated carbocycles. The number of nitrogens with zero attached hydrogens (tertiary/aromatic N) is 1. The van der Waals surface area contributed by atoms with E-state index in [1.807, 2.05) is 37.3 Å². The molecular formula is C16H18N2O3. The first-order valence-corrected chi connectivity index (χ1v) is 6.87. The maximum atomic E-state index is 12.0. The van der Waals surface area contributed by atoms with Crippen LogP contribution in [0.15, 0.2) is 42.5 Å². The summed E-state index contributed by atoms with van der Waals surface area (Å²) in [5.74, 6) is 0.473. The fraction of sp³-hybridized carbons (Fsp3) is 0.250. The van der Waals surface area contributed by atoms with Crippen LogP contribution in [0.1, 0.15) is 24.2 Å². The minimum absolute atomic E-state index is 0.316. The van der Waals surface area contributed by atoms with Gasteiger partial charge in [0.25, 0.3) is 0 Å². The third-order valence-corrected chi connectivity index (χ3v) is 2.69. The van der Waals surface area contributed by atoms with Gasteiger partial charge in [0.05, 0.1) is 13.2 Å². The second-order valence-corrected chi connectivity index (χ2v) is 4.19. The van der Waals surface area contributed by atoms with Gasteiger partial charge >= 0.3 is 5.97 Å². The van der Waals surface area contributed by atoms with E-state index >= 15 is 0 Å². The Labute approximate surface area is 123 Å². The van der Waals surface area contributed by atoms with Crippen LogP contribution >= 0.6 is 0 Å². The van der Waals surface area contributed by atoms with E-state index < -0.39 is 5.97 Å². The molecule has 0 bridgehead atoms. The fourth-order valence-electron chi connectivity index (χ4n) is 1.80. The SMILES string of the molecule is CCOC(=O)c1ccc(OCC)nc1Nc1ccccc1. The molecule has 2 aromatic rings. The molecule has 1 aromatic carbocycles. The Kier molecular flexibility index (Phi) is 5.15. The van der Waals surface area contributed by atoms with Crippen molar-refractivity contribution in [2.75, 3.05) is 18.5 Å². The van der Waals surface area contributed by atoms with Gasteiger partial charge in [0.2, 0.25) is 5.88 Å². The molecule has 0 unspecified atom stereocenters. The standard InChI is InChI=1S/C16H18N2O3/c1-3-20-14-11-10-13(16(19)21-4-2)15(18-14)17-12-8-6-5-7-9-12/h5-11H,3-4H2,1-2H3,(H,17,18). The number of esters is 1. The number of carbonyl (C=O) groups excluding carboxylic acids is 1. The number of pyridine rings is 1. The lowest BCUT2D eigenvalue weighted by Gasteiger charge is -2.12. The first-order chi connectivity index (χ1) is 10.2. The first-order valence-electron chi connectivity index (χ1n) is 6.87. The molecule has 0 amide bonds. The summed E-state index contributed by atoms with van der Waals surface area (Å²) in [5.41, 5.74) is 1.22. The van der Waals surface area contributed by atoms with Gasteiger partial charge in [-0.15, -0.1) is 0 Å². The number of hydrogen-bond donors (Lipinski definition) is 1. The number of rotatable bonds is 6. The van der Waals surface area contributed by atoms with Crippen LogP contribution in [0.4, 0.5) is 11.5 Å². The molecule has 21 heavy (non-hydrogen) atoms. The Hall–Kier alpha value is -2.56. The second-order valence-electron chi connectivity index (χ2n) is 4.19. The van der Waals surface area contributed by atoms with Crippen LogP contribution in [0.2, 0.25) is 0 Å². The van der Waals surface area contributed by atoms with Crippen LogP contribution in [-0.4, -0.2) is 24.2 Å². The predicted octanol–water partition coefficient (Wildman–Crippen LogP) is 3.40. The number of hydrogen-bond acceptors (Lipinski definition) is 5. The molecule has 1 aromatic heterocycles. The lowest BCUT2D eigenvalue weighted by atomic mass is 10.2. The summed E-state index contributed by atoms with van der Waals surface area (Å²) in [6.45, 7) is 4.47. The number of anilines is 2. The minimum atomic E-state index is -0.411. The van der Waals surface area contributed by atoms with E-state index in [1.54, 1.807) is 19.1 Å². The van der Waals surface area contributed by atoms with E-state index in [0.717, 1.165) is 5.69 Å². The van der Waals surface area contributed by atoms with Gasteiger partial charge in [-0.05, 0) is 32.0 Å². The summed E-state index contributed by atoms with van der Waals surface area (Å²) < 4.78 is 10.4. The zero-order valence-corrected chi connectivity index (χ0v) is 12.1. The molecule has 5 nitrogen and oxygen atoms in total. The number of carbonyl (C=O) groups is 1. The van der Waals surface area contributed by atoms with Gasteiger partial charge in [0, 0.05) is 11.8 Å². The molecule has 0 atom stereocenters. The Morgan fingerprint density at radius 1 is 1.10 bits per heavy atom. The van der Waals surface area contributed by atoms with Crippen LogP contribution in [0.25, 0.3) is 0 Å². The van der Waals surface area contributed by atoms with Gasteiger partial charge in [-0.25, -0.2) is 4.79 Å². The number of para-hydroxylation sites is 1. The molecule has 1 heterocycles. The molecule has 0 saturated heterocycles. The molecule has 0 fully saturated rings. The third-order valence-electron chi connectivity index (χ3n) is 2.69.